The van der Waals surface area contributed by atoms with E-state index in [0.29, 0.717) is 4.21 Å². The average Bonchev–Trinajstić information content (AvgIpc) is 3.20. The van der Waals surface area contributed by atoms with Crippen LogP contribution in [0.25, 0.3) is 0 Å². The summed E-state index contributed by atoms with van der Waals surface area (Å²) in [5, 5.41) is 5.49. The molecule has 2 aromatic rings. The van der Waals surface area contributed by atoms with E-state index in [1.54, 1.807) is 18.3 Å². The number of nitrogens with zero attached hydrogens (tertiary/aromatic N) is 2. The molecule has 5 nitrogen and oxygen atoms in total. The van der Waals surface area contributed by atoms with Crippen LogP contribution in [0.5, 0.6) is 0 Å². The van der Waals surface area contributed by atoms with Crippen molar-refractivity contribution in [1.82, 2.24) is 14.2 Å². The molecule has 2 aliphatic heterocycles. The van der Waals surface area contributed by atoms with Gasteiger partial charge in [0.05, 0.1) is 0 Å². The second-order valence-electron chi connectivity index (χ2n) is 6.47. The number of likely N-dealkylation sites (tertiary alicyclic amines) is 1. The van der Waals surface area contributed by atoms with Gasteiger partial charge in [-0.25, -0.2) is 3.97 Å². The Morgan fingerprint density at radius 1 is 1.26 bits per heavy atom. The van der Waals surface area contributed by atoms with E-state index in [2.05, 4.69) is 17.3 Å². The Morgan fingerprint density at radius 2 is 2.04 bits per heavy atom. The quantitative estimate of drug-likeness (QED) is 0.897. The summed E-state index contributed by atoms with van der Waals surface area (Å²) in [6, 6.07) is 5.48. The number of hydrogen-bond donors (Lipinski definition) is 1. The third-order valence-electron chi connectivity index (χ3n) is 5.14. The Morgan fingerprint density at radius 3 is 2.74 bits per heavy atom. The van der Waals surface area contributed by atoms with Crippen molar-refractivity contribution in [3.8, 4) is 0 Å². The first kappa shape index (κ1) is 15.4. The molecule has 2 aromatic heterocycles. The predicted octanol–water partition coefficient (Wildman–Crippen LogP) is 1.85. The molecule has 4 heterocycles. The summed E-state index contributed by atoms with van der Waals surface area (Å²) < 4.78 is 27.7. The average molecular weight is 351 g/mol. The van der Waals surface area contributed by atoms with Gasteiger partial charge >= 0.3 is 0 Å². The second kappa shape index (κ2) is 5.44. The second-order valence-corrected chi connectivity index (χ2v) is 9.46. The molecule has 1 spiro atoms. The minimum absolute atomic E-state index is 0.0592. The third kappa shape index (κ3) is 2.38. The van der Waals surface area contributed by atoms with Gasteiger partial charge in [0.2, 0.25) is 0 Å². The van der Waals surface area contributed by atoms with Gasteiger partial charge in [0.1, 0.15) is 4.21 Å². The summed E-state index contributed by atoms with van der Waals surface area (Å²) in [6.07, 6.45) is 4.55. The summed E-state index contributed by atoms with van der Waals surface area (Å²) in [7, 11) is -1.32. The number of nitrogens with one attached hydrogen (secondary N) is 1. The van der Waals surface area contributed by atoms with Gasteiger partial charge in [-0.1, -0.05) is 6.07 Å². The van der Waals surface area contributed by atoms with E-state index in [1.807, 2.05) is 11.4 Å². The van der Waals surface area contributed by atoms with Crippen molar-refractivity contribution in [2.45, 2.75) is 29.0 Å². The lowest BCUT2D eigenvalue weighted by atomic mass is 9.78. The topological polar surface area (TPSA) is 54.3 Å². The summed E-state index contributed by atoms with van der Waals surface area (Å²) in [5.41, 5.74) is 2.08. The highest BCUT2D eigenvalue weighted by Gasteiger charge is 2.41. The van der Waals surface area contributed by atoms with E-state index in [9.17, 15) is 8.42 Å². The standard InChI is InChI=1S/C16H21N3O2S2/c1-18-10-6-16(7-11-18)13-5-9-19(14(13)4-8-17-16)23(20,21)15-3-2-12-22-15/h2-3,5,9,12,17H,4,6-8,10-11H2,1H3. The van der Waals surface area contributed by atoms with E-state index in [4.69, 9.17) is 0 Å². The molecule has 124 valence electrons. The van der Waals surface area contributed by atoms with Gasteiger partial charge in [-0.15, -0.1) is 11.3 Å². The van der Waals surface area contributed by atoms with Gasteiger partial charge in [-0.05, 0) is 56.1 Å². The Hall–Kier alpha value is -1.15. The zero-order valence-electron chi connectivity index (χ0n) is 13.2. The van der Waals surface area contributed by atoms with Crippen LogP contribution in [-0.4, -0.2) is 44.0 Å². The normalized spacial score (nSPS) is 21.4. The van der Waals surface area contributed by atoms with Crippen LogP contribution in [-0.2, 0) is 22.0 Å². The molecule has 1 N–H and O–H groups in total. The lowest BCUT2D eigenvalue weighted by Crippen LogP contribution is -2.53. The zero-order chi connectivity index (χ0) is 16.1. The van der Waals surface area contributed by atoms with Crippen LogP contribution in [0.2, 0.25) is 0 Å². The van der Waals surface area contributed by atoms with Crippen LogP contribution in [0.15, 0.2) is 34.0 Å². The van der Waals surface area contributed by atoms with Crippen molar-refractivity contribution in [2.24, 2.45) is 0 Å². The fourth-order valence-corrected chi connectivity index (χ4v) is 6.31. The fourth-order valence-electron chi connectivity index (χ4n) is 3.82. The molecule has 0 unspecified atom stereocenters. The molecule has 0 atom stereocenters. The van der Waals surface area contributed by atoms with Gasteiger partial charge in [-0.2, -0.15) is 8.42 Å². The van der Waals surface area contributed by atoms with Crippen molar-refractivity contribution < 1.29 is 8.42 Å². The predicted molar refractivity (Wildman–Crippen MR) is 91.5 cm³/mol. The molecular formula is C16H21N3O2S2. The molecular weight excluding hydrogens is 330 g/mol. The number of piperidine rings is 1. The van der Waals surface area contributed by atoms with Crippen molar-refractivity contribution in [2.75, 3.05) is 26.7 Å². The molecule has 0 aliphatic carbocycles. The lowest BCUT2D eigenvalue weighted by Gasteiger charge is -2.44. The molecule has 23 heavy (non-hydrogen) atoms. The molecule has 4 rings (SSSR count). The van der Waals surface area contributed by atoms with Gasteiger partial charge in [0.25, 0.3) is 10.0 Å². The Balaban J connectivity index is 1.78. The summed E-state index contributed by atoms with van der Waals surface area (Å²) in [4.78, 5) is 2.33. The van der Waals surface area contributed by atoms with Crippen LogP contribution in [0.3, 0.4) is 0 Å². The first-order chi connectivity index (χ1) is 11.0. The first-order valence-corrected chi connectivity index (χ1v) is 10.3. The van der Waals surface area contributed by atoms with E-state index in [0.717, 1.165) is 44.6 Å². The Labute approximate surface area is 141 Å². The Kier molecular flexibility index (Phi) is 3.64. The smallest absolute Gasteiger partial charge is 0.277 e. The van der Waals surface area contributed by atoms with E-state index < -0.39 is 10.0 Å². The summed E-state index contributed by atoms with van der Waals surface area (Å²) in [5.74, 6) is 0. The van der Waals surface area contributed by atoms with Gasteiger partial charge in [0.15, 0.2) is 0 Å². The molecule has 1 saturated heterocycles. The summed E-state index contributed by atoms with van der Waals surface area (Å²) in [6.45, 7) is 2.91. The molecule has 0 bridgehead atoms. The number of fused-ring (bicyclic) bond motifs is 2. The van der Waals surface area contributed by atoms with Crippen molar-refractivity contribution >= 4 is 21.4 Å². The molecule has 0 radical (unpaired) electrons. The van der Waals surface area contributed by atoms with E-state index in [1.165, 1.54) is 20.9 Å². The van der Waals surface area contributed by atoms with Crippen LogP contribution in [0.1, 0.15) is 24.1 Å². The highest BCUT2D eigenvalue weighted by Crippen LogP contribution is 2.39. The van der Waals surface area contributed by atoms with Crippen molar-refractivity contribution in [3.63, 3.8) is 0 Å². The first-order valence-electron chi connectivity index (χ1n) is 7.96. The molecule has 0 saturated carbocycles. The van der Waals surface area contributed by atoms with E-state index in [-0.39, 0.29) is 5.54 Å². The third-order valence-corrected chi connectivity index (χ3v) is 8.23. The molecule has 7 heteroatoms. The summed E-state index contributed by atoms with van der Waals surface area (Å²) >= 11 is 1.28. The number of hydrogen-bond acceptors (Lipinski definition) is 5. The Bertz CT molecular complexity index is 801. The zero-order valence-corrected chi connectivity index (χ0v) is 14.8. The van der Waals surface area contributed by atoms with Crippen LogP contribution < -0.4 is 5.32 Å². The molecule has 1 fully saturated rings. The van der Waals surface area contributed by atoms with Crippen molar-refractivity contribution in [1.29, 1.82) is 0 Å². The highest BCUT2D eigenvalue weighted by molar-refractivity contribution is 7.92. The number of thiophene rings is 1. The monoisotopic (exact) mass is 351 g/mol. The van der Waals surface area contributed by atoms with Gasteiger partial charge in [-0.3, -0.25) is 0 Å². The maximum Gasteiger partial charge on any atom is 0.277 e. The van der Waals surface area contributed by atoms with Gasteiger partial charge < -0.3 is 10.2 Å². The van der Waals surface area contributed by atoms with Crippen LogP contribution in [0.4, 0.5) is 0 Å². The maximum atomic E-state index is 12.9. The minimum Gasteiger partial charge on any atom is -0.307 e. The largest absolute Gasteiger partial charge is 0.307 e. The SMILES string of the molecule is CN1CCC2(CC1)NCCc1c2ccn1S(=O)(=O)c1cccs1. The number of rotatable bonds is 2. The molecule has 0 amide bonds. The van der Waals surface area contributed by atoms with E-state index >= 15 is 0 Å². The number of aromatic nitrogens is 1. The fraction of sp³-hybridized carbons (Fsp3) is 0.500. The van der Waals surface area contributed by atoms with Crippen LogP contribution in [0, 0.1) is 0 Å². The minimum atomic E-state index is -3.46. The van der Waals surface area contributed by atoms with Crippen molar-refractivity contribution in [3.05, 3.63) is 41.0 Å². The highest BCUT2D eigenvalue weighted by atomic mass is 32.2. The lowest BCUT2D eigenvalue weighted by molar-refractivity contribution is 0.150. The van der Waals surface area contributed by atoms with Crippen LogP contribution >= 0.6 is 11.3 Å². The molecule has 0 aromatic carbocycles. The van der Waals surface area contributed by atoms with Gasteiger partial charge in [0, 0.05) is 30.4 Å². The maximum absolute atomic E-state index is 12.9. The molecule has 2 aliphatic rings.